The molecular weight excluding hydrogens is 611 g/mol. The molecule has 0 amide bonds. The van der Waals surface area contributed by atoms with E-state index in [-0.39, 0.29) is 68.0 Å². The molecule has 4 nitrogen and oxygen atoms in total. The van der Waals surface area contributed by atoms with Crippen LogP contribution in [-0.4, -0.2) is 14.5 Å². The Morgan fingerprint density at radius 1 is 0.500 bits per heavy atom. The second kappa shape index (κ2) is 10.4. The number of aromatic nitrogens is 3. The topological polar surface area (TPSA) is 43.9 Å². The number of furan rings is 1. The predicted molar refractivity (Wildman–Crippen MR) is 207 cm³/mol. The first-order valence-electron chi connectivity index (χ1n) is 20.7. The summed E-state index contributed by atoms with van der Waals surface area (Å²) in [7, 11) is 0. The number of rotatable bonds is 3. The molecule has 0 spiro atoms. The number of fused-ring (bicyclic) bond motifs is 10. The Hall–Kier alpha value is -6.78. The zero-order valence-corrected chi connectivity index (χ0v) is 26.1. The third-order valence-electron chi connectivity index (χ3n) is 9.43. The van der Waals surface area contributed by atoms with Crippen molar-refractivity contribution in [2.75, 3.05) is 0 Å². The third-order valence-corrected chi connectivity index (χ3v) is 9.43. The van der Waals surface area contributed by atoms with Gasteiger partial charge < -0.3 is 4.42 Å². The Kier molecular flexibility index (Phi) is 4.12. The molecule has 0 saturated carbocycles. The largest absolute Gasteiger partial charge is 0.456 e. The van der Waals surface area contributed by atoms with Gasteiger partial charge in [0.15, 0.2) is 0 Å². The minimum atomic E-state index is -0.557. The lowest BCUT2D eigenvalue weighted by Crippen LogP contribution is -2.03. The number of hydrogen-bond donors (Lipinski definition) is 0. The second-order valence-electron chi connectivity index (χ2n) is 12.3. The first-order chi connectivity index (χ1) is 28.5. The average molecular weight is 647 g/mol. The van der Waals surface area contributed by atoms with Gasteiger partial charge in [0.25, 0.3) is 0 Å². The zero-order valence-electron chi connectivity index (χ0n) is 35.1. The molecule has 0 atom stereocenters. The highest BCUT2D eigenvalue weighted by Gasteiger charge is 2.20. The minimum Gasteiger partial charge on any atom is -0.456 e. The summed E-state index contributed by atoms with van der Waals surface area (Å²) in [6.07, 6.45) is 0. The van der Waals surface area contributed by atoms with Gasteiger partial charge in [0.2, 0.25) is 5.95 Å². The highest BCUT2D eigenvalue weighted by molar-refractivity contribution is 6.22. The molecule has 0 aliphatic carbocycles. The van der Waals surface area contributed by atoms with Crippen LogP contribution in [0.4, 0.5) is 0 Å². The van der Waals surface area contributed by atoms with Gasteiger partial charge in [-0.25, -0.2) is 9.97 Å². The maximum Gasteiger partial charge on any atom is 0.235 e. The summed E-state index contributed by atoms with van der Waals surface area (Å²) in [6, 6.07) is 32.1. The van der Waals surface area contributed by atoms with Crippen molar-refractivity contribution in [1.82, 2.24) is 14.5 Å². The molecule has 8 aromatic carbocycles. The van der Waals surface area contributed by atoms with Gasteiger partial charge in [0.1, 0.15) is 11.2 Å². The Balaban J connectivity index is 1.25. The molecule has 0 aliphatic heterocycles. The van der Waals surface area contributed by atoms with Gasteiger partial charge in [0.05, 0.1) is 34.6 Å². The van der Waals surface area contributed by atoms with E-state index in [1.807, 2.05) is 53.1 Å². The van der Waals surface area contributed by atoms with Crippen LogP contribution in [0.3, 0.4) is 0 Å². The van der Waals surface area contributed by atoms with Gasteiger partial charge in [-0.3, -0.25) is 4.57 Å². The van der Waals surface area contributed by atoms with E-state index in [9.17, 15) is 5.48 Å². The molecule has 0 bridgehead atoms. The lowest BCUT2D eigenvalue weighted by Gasteiger charge is -2.12. The van der Waals surface area contributed by atoms with E-state index < -0.39 is 36.3 Å². The minimum absolute atomic E-state index is 0.0105. The van der Waals surface area contributed by atoms with Crippen molar-refractivity contribution in [3.05, 3.63) is 164 Å². The summed E-state index contributed by atoms with van der Waals surface area (Å²) < 4.78 is 88.2. The maximum atomic E-state index is 9.71. The fraction of sp³-hybridized carbons (Fsp3) is 0. The standard InChI is InChI=1S/C46H27N3O/c1-2-10-28(11-3-1)32-19-21-40-38(25-32)44-34-15-7-6-12-29(34)18-22-41(44)49(40)46-47-39-17-9-8-16-35(39)45(48-46)33-20-23-42-36(26-33)37-24-30-13-4-5-14-31(30)27-43(37)50-42/h1-27H/i4D,5D,13D,14D,20D,23D,24D,26D,27D. The summed E-state index contributed by atoms with van der Waals surface area (Å²) in [5, 5.41) is 4.17. The van der Waals surface area contributed by atoms with Crippen molar-refractivity contribution in [3.8, 4) is 28.3 Å². The number of para-hydroxylation sites is 1. The number of nitrogens with zero attached hydrogens (tertiary/aromatic N) is 3. The van der Waals surface area contributed by atoms with Gasteiger partial charge in [-0.2, -0.15) is 0 Å². The monoisotopic (exact) mass is 646 g/mol. The van der Waals surface area contributed by atoms with E-state index in [0.29, 0.717) is 10.9 Å². The summed E-state index contributed by atoms with van der Waals surface area (Å²) in [4.78, 5) is 10.2. The van der Waals surface area contributed by atoms with Crippen LogP contribution >= 0.6 is 0 Å². The molecule has 11 rings (SSSR count). The highest BCUT2D eigenvalue weighted by atomic mass is 16.3. The van der Waals surface area contributed by atoms with Crippen molar-refractivity contribution in [1.29, 1.82) is 0 Å². The normalized spacial score (nSPS) is 14.5. The van der Waals surface area contributed by atoms with Crippen molar-refractivity contribution < 1.29 is 16.8 Å². The Morgan fingerprint density at radius 2 is 1.26 bits per heavy atom. The van der Waals surface area contributed by atoms with Crippen LogP contribution in [0, 0.1) is 0 Å². The van der Waals surface area contributed by atoms with E-state index in [2.05, 4.69) is 48.5 Å². The first-order valence-corrected chi connectivity index (χ1v) is 16.2. The van der Waals surface area contributed by atoms with E-state index >= 15 is 0 Å². The quantitative estimate of drug-likeness (QED) is 0.192. The van der Waals surface area contributed by atoms with Crippen LogP contribution in [0.25, 0.3) is 105 Å². The highest BCUT2D eigenvalue weighted by Crippen LogP contribution is 2.40. The summed E-state index contributed by atoms with van der Waals surface area (Å²) >= 11 is 0. The van der Waals surface area contributed by atoms with Gasteiger partial charge in [-0.05, 0) is 87.1 Å². The van der Waals surface area contributed by atoms with Crippen molar-refractivity contribution >= 4 is 76.2 Å². The number of hydrogen-bond acceptors (Lipinski definition) is 3. The van der Waals surface area contributed by atoms with Crippen molar-refractivity contribution in [2.45, 2.75) is 0 Å². The lowest BCUT2D eigenvalue weighted by molar-refractivity contribution is 0.669. The smallest absolute Gasteiger partial charge is 0.235 e. The van der Waals surface area contributed by atoms with Gasteiger partial charge in [-0.1, -0.05) is 109 Å². The predicted octanol–water partition coefficient (Wildman–Crippen LogP) is 12.3. The van der Waals surface area contributed by atoms with Gasteiger partial charge in [-0.15, -0.1) is 0 Å². The second-order valence-corrected chi connectivity index (χ2v) is 12.3. The lowest BCUT2D eigenvalue weighted by atomic mass is 10.0. The van der Waals surface area contributed by atoms with E-state index in [4.69, 9.17) is 21.2 Å². The molecule has 11 aromatic rings. The van der Waals surface area contributed by atoms with Crippen LogP contribution in [0.5, 0.6) is 0 Å². The molecule has 0 N–H and O–H groups in total. The molecule has 50 heavy (non-hydrogen) atoms. The number of benzene rings is 8. The Morgan fingerprint density at radius 3 is 2.16 bits per heavy atom. The summed E-state index contributed by atoms with van der Waals surface area (Å²) in [5.74, 6) is 0.278. The van der Waals surface area contributed by atoms with Gasteiger partial charge in [0, 0.05) is 32.5 Å². The summed E-state index contributed by atoms with van der Waals surface area (Å²) in [5.41, 5.74) is 4.12. The van der Waals surface area contributed by atoms with Crippen LogP contribution in [0.1, 0.15) is 12.3 Å². The molecule has 0 fully saturated rings. The fourth-order valence-electron chi connectivity index (χ4n) is 7.15. The molecule has 4 heteroatoms. The van der Waals surface area contributed by atoms with Gasteiger partial charge >= 0.3 is 0 Å². The SMILES string of the molecule is [2H]c1c(-c2nc(-n3c4ccc(-c5ccccc5)cc4c4c5ccccc5ccc43)nc3ccccc23)c([2H])c2c(oc3c([2H])c4c([2H])c([2H])c([2H])c([2H])c4c([2H])c32)c1[2H]. The average Bonchev–Trinajstić information content (AvgIpc) is 3.83. The molecule has 3 heterocycles. The van der Waals surface area contributed by atoms with Crippen LogP contribution in [0.2, 0.25) is 0 Å². The van der Waals surface area contributed by atoms with E-state index in [0.717, 1.165) is 43.7 Å². The van der Waals surface area contributed by atoms with Crippen molar-refractivity contribution in [2.24, 2.45) is 0 Å². The summed E-state index contributed by atoms with van der Waals surface area (Å²) in [6.45, 7) is 0. The first kappa shape index (κ1) is 19.9. The van der Waals surface area contributed by atoms with Crippen LogP contribution in [-0.2, 0) is 0 Å². The van der Waals surface area contributed by atoms with Crippen molar-refractivity contribution in [3.63, 3.8) is 0 Å². The fourth-order valence-corrected chi connectivity index (χ4v) is 7.15. The zero-order chi connectivity index (χ0) is 40.6. The van der Waals surface area contributed by atoms with E-state index in [1.54, 1.807) is 12.1 Å². The Labute approximate surface area is 299 Å². The molecule has 0 saturated heterocycles. The Bertz CT molecular complexity index is 3670. The maximum absolute atomic E-state index is 9.71. The molecule has 0 radical (unpaired) electrons. The molecule has 3 aromatic heterocycles. The van der Waals surface area contributed by atoms with Crippen LogP contribution < -0.4 is 0 Å². The van der Waals surface area contributed by atoms with E-state index in [1.165, 1.54) is 0 Å². The van der Waals surface area contributed by atoms with Crippen LogP contribution in [0.15, 0.2) is 168 Å². The molecular formula is C46H27N3O. The molecule has 232 valence electrons. The molecule has 0 unspecified atom stereocenters. The third kappa shape index (κ3) is 3.99. The molecule has 0 aliphatic rings.